The van der Waals surface area contributed by atoms with Crippen LogP contribution in [0.5, 0.6) is 0 Å². The van der Waals surface area contributed by atoms with Crippen LogP contribution in [0.4, 0.5) is 5.69 Å². The molecule has 6 heteroatoms. The van der Waals surface area contributed by atoms with Crippen LogP contribution >= 0.6 is 0 Å². The highest BCUT2D eigenvalue weighted by Gasteiger charge is 2.37. The van der Waals surface area contributed by atoms with Gasteiger partial charge in [-0.05, 0) is 43.5 Å². The first-order chi connectivity index (χ1) is 12.0. The van der Waals surface area contributed by atoms with Gasteiger partial charge in [0.2, 0.25) is 15.9 Å². The van der Waals surface area contributed by atoms with Gasteiger partial charge in [-0.15, -0.1) is 0 Å². The highest BCUT2D eigenvalue weighted by atomic mass is 32.2. The van der Waals surface area contributed by atoms with Crippen LogP contribution in [-0.2, 0) is 14.8 Å². The third-order valence-corrected chi connectivity index (χ3v) is 6.43. The Labute approximate surface area is 148 Å². The van der Waals surface area contributed by atoms with E-state index in [1.54, 1.807) is 30.3 Å². The number of piperidine rings is 1. The smallest absolute Gasteiger partial charge is 0.243 e. The SMILES string of the molecule is Cc1ccccc1NC(=O)[C@@H]1CCCCN1S(=O)(=O)c1ccccc1. The third kappa shape index (κ3) is 3.75. The van der Waals surface area contributed by atoms with Gasteiger partial charge >= 0.3 is 0 Å². The topological polar surface area (TPSA) is 66.5 Å². The van der Waals surface area contributed by atoms with Gasteiger partial charge in [-0.1, -0.05) is 42.8 Å². The summed E-state index contributed by atoms with van der Waals surface area (Å²) >= 11 is 0. The molecule has 1 amide bonds. The van der Waals surface area contributed by atoms with Crippen molar-refractivity contribution in [1.82, 2.24) is 4.31 Å². The monoisotopic (exact) mass is 358 g/mol. The number of hydrogen-bond donors (Lipinski definition) is 1. The van der Waals surface area contributed by atoms with Crippen molar-refractivity contribution in [2.75, 3.05) is 11.9 Å². The Bertz CT molecular complexity index is 850. The van der Waals surface area contributed by atoms with Crippen LogP contribution in [0.25, 0.3) is 0 Å². The molecular formula is C19H22N2O3S. The Hall–Kier alpha value is -2.18. The number of carbonyl (C=O) groups excluding carboxylic acids is 1. The van der Waals surface area contributed by atoms with E-state index < -0.39 is 16.1 Å². The van der Waals surface area contributed by atoms with Crippen molar-refractivity contribution < 1.29 is 13.2 Å². The molecule has 5 nitrogen and oxygen atoms in total. The predicted octanol–water partition coefficient (Wildman–Crippen LogP) is 3.18. The Kier molecular flexibility index (Phi) is 5.20. The van der Waals surface area contributed by atoms with Crippen LogP contribution in [0, 0.1) is 6.92 Å². The van der Waals surface area contributed by atoms with E-state index in [0.717, 1.165) is 24.1 Å². The van der Waals surface area contributed by atoms with E-state index in [2.05, 4.69) is 5.32 Å². The fourth-order valence-electron chi connectivity index (χ4n) is 3.11. The van der Waals surface area contributed by atoms with Gasteiger partial charge in [-0.2, -0.15) is 4.31 Å². The molecule has 1 heterocycles. The Morgan fingerprint density at radius 2 is 1.72 bits per heavy atom. The van der Waals surface area contributed by atoms with Crippen molar-refractivity contribution in [3.63, 3.8) is 0 Å². The largest absolute Gasteiger partial charge is 0.324 e. The van der Waals surface area contributed by atoms with E-state index in [1.165, 1.54) is 4.31 Å². The number of anilines is 1. The standard InChI is InChI=1S/C19H22N2O3S/c1-15-9-5-6-12-17(15)20-19(22)18-13-7-8-14-21(18)25(23,24)16-10-3-2-4-11-16/h2-6,9-12,18H,7-8,13-14H2,1H3,(H,20,22)/t18-/m0/s1. The molecule has 1 aliphatic rings. The zero-order valence-corrected chi connectivity index (χ0v) is 15.0. The number of rotatable bonds is 4. The molecule has 1 aliphatic heterocycles. The number of benzene rings is 2. The fourth-order valence-corrected chi connectivity index (χ4v) is 4.79. The van der Waals surface area contributed by atoms with Crippen molar-refractivity contribution >= 4 is 21.6 Å². The van der Waals surface area contributed by atoms with Gasteiger partial charge in [0.25, 0.3) is 0 Å². The molecule has 1 N–H and O–H groups in total. The van der Waals surface area contributed by atoms with E-state index in [1.807, 2.05) is 31.2 Å². The summed E-state index contributed by atoms with van der Waals surface area (Å²) in [5.41, 5.74) is 1.67. The minimum atomic E-state index is -3.69. The van der Waals surface area contributed by atoms with Gasteiger partial charge in [0.15, 0.2) is 0 Å². The Morgan fingerprint density at radius 1 is 1.04 bits per heavy atom. The second kappa shape index (κ2) is 7.37. The van der Waals surface area contributed by atoms with Crippen molar-refractivity contribution in [2.45, 2.75) is 37.1 Å². The lowest BCUT2D eigenvalue weighted by Crippen LogP contribution is -2.49. The maximum atomic E-state index is 13.0. The van der Waals surface area contributed by atoms with Gasteiger partial charge in [0, 0.05) is 12.2 Å². The van der Waals surface area contributed by atoms with E-state index in [9.17, 15) is 13.2 Å². The Morgan fingerprint density at radius 3 is 2.44 bits per heavy atom. The highest BCUT2D eigenvalue weighted by molar-refractivity contribution is 7.89. The normalized spacial score (nSPS) is 18.7. The van der Waals surface area contributed by atoms with Crippen molar-refractivity contribution in [1.29, 1.82) is 0 Å². The van der Waals surface area contributed by atoms with E-state index >= 15 is 0 Å². The maximum Gasteiger partial charge on any atom is 0.243 e. The molecule has 0 unspecified atom stereocenters. The molecule has 0 spiro atoms. The first-order valence-electron chi connectivity index (χ1n) is 8.43. The van der Waals surface area contributed by atoms with E-state index in [0.29, 0.717) is 13.0 Å². The number of amides is 1. The summed E-state index contributed by atoms with van der Waals surface area (Å²) in [6.45, 7) is 2.28. The Balaban J connectivity index is 1.86. The zero-order chi connectivity index (χ0) is 17.9. The second-order valence-electron chi connectivity index (χ2n) is 6.24. The molecule has 0 bridgehead atoms. The molecule has 25 heavy (non-hydrogen) atoms. The fraction of sp³-hybridized carbons (Fsp3) is 0.316. The molecule has 1 saturated heterocycles. The van der Waals surface area contributed by atoms with E-state index in [4.69, 9.17) is 0 Å². The molecule has 0 saturated carbocycles. The van der Waals surface area contributed by atoms with Gasteiger partial charge in [-0.25, -0.2) is 8.42 Å². The lowest BCUT2D eigenvalue weighted by molar-refractivity contribution is -0.120. The lowest BCUT2D eigenvalue weighted by Gasteiger charge is -2.33. The molecular weight excluding hydrogens is 336 g/mol. The summed E-state index contributed by atoms with van der Waals surface area (Å²) in [7, 11) is -3.69. The third-order valence-electron chi connectivity index (χ3n) is 4.51. The van der Waals surface area contributed by atoms with Crippen LogP contribution in [0.15, 0.2) is 59.5 Å². The van der Waals surface area contributed by atoms with Crippen molar-refractivity contribution in [3.05, 3.63) is 60.2 Å². The molecule has 0 radical (unpaired) electrons. The molecule has 1 fully saturated rings. The molecule has 2 aromatic carbocycles. The number of hydrogen-bond acceptors (Lipinski definition) is 3. The summed E-state index contributed by atoms with van der Waals surface area (Å²) < 4.78 is 27.3. The zero-order valence-electron chi connectivity index (χ0n) is 14.2. The van der Waals surface area contributed by atoms with Gasteiger partial charge in [0.1, 0.15) is 6.04 Å². The predicted molar refractivity (Wildman–Crippen MR) is 97.8 cm³/mol. The van der Waals surface area contributed by atoms with Crippen LogP contribution in [0.2, 0.25) is 0 Å². The number of para-hydroxylation sites is 1. The average Bonchev–Trinajstić information content (AvgIpc) is 2.64. The first-order valence-corrected chi connectivity index (χ1v) is 9.87. The summed E-state index contributed by atoms with van der Waals surface area (Å²) in [6, 6.07) is 15.1. The van der Waals surface area contributed by atoms with Gasteiger partial charge in [0.05, 0.1) is 4.90 Å². The van der Waals surface area contributed by atoms with E-state index in [-0.39, 0.29) is 10.8 Å². The van der Waals surface area contributed by atoms with Gasteiger partial charge < -0.3 is 5.32 Å². The minimum Gasteiger partial charge on any atom is -0.324 e. The number of sulfonamides is 1. The molecule has 0 aliphatic carbocycles. The number of carbonyl (C=O) groups is 1. The number of aryl methyl sites for hydroxylation is 1. The second-order valence-corrected chi connectivity index (χ2v) is 8.14. The van der Waals surface area contributed by atoms with Crippen molar-refractivity contribution in [3.8, 4) is 0 Å². The molecule has 2 aromatic rings. The summed E-state index contributed by atoms with van der Waals surface area (Å²) in [5.74, 6) is -0.270. The molecule has 3 rings (SSSR count). The van der Waals surface area contributed by atoms with Crippen LogP contribution in [-0.4, -0.2) is 31.2 Å². The first kappa shape index (κ1) is 17.6. The number of nitrogens with zero attached hydrogens (tertiary/aromatic N) is 1. The molecule has 132 valence electrons. The highest BCUT2D eigenvalue weighted by Crippen LogP contribution is 2.26. The summed E-state index contributed by atoms with van der Waals surface area (Å²) in [6.07, 6.45) is 2.14. The lowest BCUT2D eigenvalue weighted by atomic mass is 10.0. The maximum absolute atomic E-state index is 13.0. The number of nitrogens with one attached hydrogen (secondary N) is 1. The quantitative estimate of drug-likeness (QED) is 0.913. The van der Waals surface area contributed by atoms with Crippen LogP contribution in [0.1, 0.15) is 24.8 Å². The minimum absolute atomic E-state index is 0.227. The molecule has 0 aromatic heterocycles. The van der Waals surface area contributed by atoms with Crippen LogP contribution in [0.3, 0.4) is 0 Å². The van der Waals surface area contributed by atoms with Crippen LogP contribution < -0.4 is 5.32 Å². The molecule has 1 atom stereocenters. The average molecular weight is 358 g/mol. The van der Waals surface area contributed by atoms with Gasteiger partial charge in [-0.3, -0.25) is 4.79 Å². The summed E-state index contributed by atoms with van der Waals surface area (Å²) in [5, 5.41) is 2.89. The summed E-state index contributed by atoms with van der Waals surface area (Å²) in [4.78, 5) is 13.0. The van der Waals surface area contributed by atoms with Crippen molar-refractivity contribution in [2.24, 2.45) is 0 Å².